The van der Waals surface area contributed by atoms with Gasteiger partial charge < -0.3 is 15.1 Å². The van der Waals surface area contributed by atoms with Crippen molar-refractivity contribution in [1.82, 2.24) is 4.90 Å². The first kappa shape index (κ1) is 15.9. The number of nitrogens with zero attached hydrogens (tertiary/aromatic N) is 1. The first-order valence-electron chi connectivity index (χ1n) is 5.90. The molecule has 0 fully saturated rings. The summed E-state index contributed by atoms with van der Waals surface area (Å²) in [6.07, 6.45) is 0.699. The molecular formula is C12H23NO4. The molecule has 0 radical (unpaired) electrons. The van der Waals surface area contributed by atoms with Crippen molar-refractivity contribution >= 4 is 11.9 Å². The van der Waals surface area contributed by atoms with Gasteiger partial charge in [-0.2, -0.15) is 0 Å². The summed E-state index contributed by atoms with van der Waals surface area (Å²) in [6.45, 7) is 7.14. The van der Waals surface area contributed by atoms with Gasteiger partial charge in [0.15, 0.2) is 0 Å². The Hall–Kier alpha value is -1.10. The molecule has 0 saturated heterocycles. The van der Waals surface area contributed by atoms with Crippen LogP contribution in [-0.4, -0.2) is 39.8 Å². The van der Waals surface area contributed by atoms with E-state index in [1.54, 1.807) is 13.8 Å². The van der Waals surface area contributed by atoms with Crippen LogP contribution in [0.4, 0.5) is 0 Å². The fourth-order valence-electron chi connectivity index (χ4n) is 1.65. The molecule has 0 aliphatic carbocycles. The zero-order valence-corrected chi connectivity index (χ0v) is 11.2. The van der Waals surface area contributed by atoms with Crippen molar-refractivity contribution in [3.05, 3.63) is 0 Å². The number of carbonyl (C=O) groups is 2. The third kappa shape index (κ3) is 3.43. The highest BCUT2D eigenvalue weighted by molar-refractivity contribution is 5.85. The van der Waals surface area contributed by atoms with Crippen molar-refractivity contribution in [3.8, 4) is 0 Å². The number of carboxylic acid groups (broad SMARTS) is 1. The average molecular weight is 245 g/mol. The molecule has 0 rings (SSSR count). The van der Waals surface area contributed by atoms with Crippen LogP contribution in [0.25, 0.3) is 0 Å². The second-order valence-corrected chi connectivity index (χ2v) is 4.89. The summed E-state index contributed by atoms with van der Waals surface area (Å²) in [7, 11) is 1.34. The zero-order valence-electron chi connectivity index (χ0n) is 11.2. The smallest absolute Gasteiger partial charge is 0.357 e. The van der Waals surface area contributed by atoms with E-state index in [2.05, 4.69) is 0 Å². The molecule has 17 heavy (non-hydrogen) atoms. The van der Waals surface area contributed by atoms with E-state index < -0.39 is 17.6 Å². The lowest BCUT2D eigenvalue weighted by atomic mass is 9.93. The normalized spacial score (nSPS) is 16.4. The molecular weight excluding hydrogens is 222 g/mol. The minimum atomic E-state index is -2.12. The van der Waals surface area contributed by atoms with Gasteiger partial charge in [-0.3, -0.25) is 4.79 Å². The zero-order chi connectivity index (χ0) is 13.8. The number of amides is 1. The van der Waals surface area contributed by atoms with Gasteiger partial charge in [-0.15, -0.1) is 0 Å². The molecule has 0 aliphatic rings. The molecule has 0 aromatic heterocycles. The second kappa shape index (κ2) is 6.00. The molecule has 0 spiro atoms. The maximum Gasteiger partial charge on any atom is 0.357 e. The van der Waals surface area contributed by atoms with E-state index in [1.165, 1.54) is 7.05 Å². The summed E-state index contributed by atoms with van der Waals surface area (Å²) in [5, 5.41) is 19.4. The van der Waals surface area contributed by atoms with Crippen molar-refractivity contribution in [2.75, 3.05) is 7.05 Å². The molecule has 0 saturated carbocycles. The number of rotatable bonds is 6. The molecule has 0 aliphatic heterocycles. The highest BCUT2D eigenvalue weighted by Gasteiger charge is 2.47. The van der Waals surface area contributed by atoms with Crippen LogP contribution in [0.15, 0.2) is 0 Å². The van der Waals surface area contributed by atoms with E-state index in [1.807, 2.05) is 13.8 Å². The van der Waals surface area contributed by atoms with Crippen LogP contribution in [0.3, 0.4) is 0 Å². The van der Waals surface area contributed by atoms with Crippen LogP contribution in [0.5, 0.6) is 0 Å². The molecule has 100 valence electrons. The van der Waals surface area contributed by atoms with E-state index >= 15 is 0 Å². The van der Waals surface area contributed by atoms with Gasteiger partial charge >= 0.3 is 5.97 Å². The molecule has 1 amide bonds. The Bertz CT molecular complexity index is 290. The van der Waals surface area contributed by atoms with Crippen LogP contribution in [-0.2, 0) is 9.59 Å². The molecule has 5 nitrogen and oxygen atoms in total. The summed E-state index contributed by atoms with van der Waals surface area (Å²) in [4.78, 5) is 24.0. The summed E-state index contributed by atoms with van der Waals surface area (Å²) < 4.78 is 0. The number of hydrogen-bond acceptors (Lipinski definition) is 3. The number of aliphatic carboxylic acids is 1. The first-order chi connectivity index (χ1) is 7.67. The second-order valence-electron chi connectivity index (χ2n) is 4.89. The van der Waals surface area contributed by atoms with Gasteiger partial charge in [0.05, 0.1) is 0 Å². The lowest BCUT2D eigenvalue weighted by Gasteiger charge is -2.38. The predicted molar refractivity (Wildman–Crippen MR) is 64.3 cm³/mol. The van der Waals surface area contributed by atoms with Crippen molar-refractivity contribution < 1.29 is 19.8 Å². The van der Waals surface area contributed by atoms with E-state index in [4.69, 9.17) is 5.11 Å². The Balaban J connectivity index is 5.07. The van der Waals surface area contributed by atoms with Gasteiger partial charge in [0.2, 0.25) is 11.6 Å². The number of likely N-dealkylation sites (N-methyl/N-ethyl adjacent to an activating group) is 1. The number of carbonyl (C=O) groups excluding carboxylic acids is 1. The third-order valence-electron chi connectivity index (χ3n) is 3.08. The summed E-state index contributed by atoms with van der Waals surface area (Å²) in [5.74, 6) is -2.14. The van der Waals surface area contributed by atoms with Gasteiger partial charge in [-0.05, 0) is 12.3 Å². The predicted octanol–water partition coefficient (Wildman–Crippen LogP) is 1.31. The highest BCUT2D eigenvalue weighted by atomic mass is 16.4. The van der Waals surface area contributed by atoms with Crippen molar-refractivity contribution in [2.45, 2.75) is 46.3 Å². The van der Waals surface area contributed by atoms with Gasteiger partial charge in [0, 0.05) is 19.4 Å². The number of aliphatic hydroxyl groups is 1. The van der Waals surface area contributed by atoms with Crippen LogP contribution >= 0.6 is 0 Å². The Labute approximate surface area is 102 Å². The minimum absolute atomic E-state index is 0.125. The maximum atomic E-state index is 11.8. The van der Waals surface area contributed by atoms with Gasteiger partial charge in [-0.1, -0.05) is 27.7 Å². The minimum Gasteiger partial charge on any atom is -0.478 e. The van der Waals surface area contributed by atoms with Crippen LogP contribution < -0.4 is 0 Å². The van der Waals surface area contributed by atoms with Crippen LogP contribution in [0, 0.1) is 11.8 Å². The van der Waals surface area contributed by atoms with E-state index in [-0.39, 0.29) is 18.2 Å². The summed E-state index contributed by atoms with van der Waals surface area (Å²) in [5.41, 5.74) is -2.12. The molecule has 2 N–H and O–H groups in total. The fraction of sp³-hybridized carbons (Fsp3) is 0.833. The molecule has 5 heteroatoms. The SMILES string of the molecule is CCC(C)C(O)(C(=O)O)N(C)C(=O)CC(C)C. The standard InChI is InChI=1S/C12H23NO4/c1-6-9(4)12(17,11(15)16)13(5)10(14)7-8(2)3/h8-9,17H,6-7H2,1-5H3,(H,15,16). The van der Waals surface area contributed by atoms with E-state index in [9.17, 15) is 14.7 Å². The Morgan fingerprint density at radius 1 is 1.29 bits per heavy atom. The van der Waals surface area contributed by atoms with Crippen molar-refractivity contribution in [1.29, 1.82) is 0 Å². The number of hydrogen-bond donors (Lipinski definition) is 2. The Kier molecular flexibility index (Phi) is 5.61. The number of carboxylic acids is 1. The summed E-state index contributed by atoms with van der Waals surface area (Å²) >= 11 is 0. The first-order valence-corrected chi connectivity index (χ1v) is 5.90. The van der Waals surface area contributed by atoms with Gasteiger partial charge in [-0.25, -0.2) is 4.79 Å². The van der Waals surface area contributed by atoms with Gasteiger partial charge in [0.25, 0.3) is 0 Å². The summed E-state index contributed by atoms with van der Waals surface area (Å²) in [6, 6.07) is 0. The molecule has 0 bridgehead atoms. The fourth-order valence-corrected chi connectivity index (χ4v) is 1.65. The lowest BCUT2D eigenvalue weighted by Crippen LogP contribution is -2.59. The van der Waals surface area contributed by atoms with Crippen LogP contribution in [0.1, 0.15) is 40.5 Å². The Morgan fingerprint density at radius 3 is 2.06 bits per heavy atom. The lowest BCUT2D eigenvalue weighted by molar-refractivity contribution is -0.196. The maximum absolute atomic E-state index is 11.8. The van der Waals surface area contributed by atoms with Crippen molar-refractivity contribution in [2.24, 2.45) is 11.8 Å². The molecule has 0 heterocycles. The Morgan fingerprint density at radius 2 is 1.76 bits per heavy atom. The molecule has 2 unspecified atom stereocenters. The third-order valence-corrected chi connectivity index (χ3v) is 3.08. The topological polar surface area (TPSA) is 77.8 Å². The van der Waals surface area contributed by atoms with Crippen molar-refractivity contribution in [3.63, 3.8) is 0 Å². The van der Waals surface area contributed by atoms with E-state index in [0.29, 0.717) is 6.42 Å². The average Bonchev–Trinajstić information content (AvgIpc) is 2.24. The largest absolute Gasteiger partial charge is 0.478 e. The molecule has 0 aromatic carbocycles. The quantitative estimate of drug-likeness (QED) is 0.692. The monoisotopic (exact) mass is 245 g/mol. The highest BCUT2D eigenvalue weighted by Crippen LogP contribution is 2.25. The van der Waals surface area contributed by atoms with E-state index in [0.717, 1.165) is 4.90 Å². The molecule has 2 atom stereocenters. The van der Waals surface area contributed by atoms with Gasteiger partial charge in [0.1, 0.15) is 0 Å². The van der Waals surface area contributed by atoms with Crippen LogP contribution in [0.2, 0.25) is 0 Å². The molecule has 0 aromatic rings.